The molecule has 1 N–H and O–H groups in total. The Bertz CT molecular complexity index is 1310. The molecule has 0 atom stereocenters. The Balaban J connectivity index is 1.66. The van der Waals surface area contributed by atoms with Gasteiger partial charge in [-0.2, -0.15) is 10.4 Å². The van der Waals surface area contributed by atoms with E-state index in [0.717, 1.165) is 45.9 Å². The van der Waals surface area contributed by atoms with Crippen LogP contribution in [0.3, 0.4) is 0 Å². The third-order valence-corrected chi connectivity index (χ3v) is 5.49. The van der Waals surface area contributed by atoms with Gasteiger partial charge >= 0.3 is 0 Å². The number of hydrazone groups is 1. The van der Waals surface area contributed by atoms with Gasteiger partial charge < -0.3 is 8.98 Å². The smallest absolute Gasteiger partial charge is 0.224 e. The SMILES string of the molecule is CCn1c(N/N=C\c2cc(C)n(-c3oc(C)c(C)c3C#N)c2C)nc2ccccc21. The van der Waals surface area contributed by atoms with Crippen LogP contribution < -0.4 is 5.43 Å². The van der Waals surface area contributed by atoms with Crippen molar-refractivity contribution < 1.29 is 4.42 Å². The van der Waals surface area contributed by atoms with E-state index in [2.05, 4.69) is 39.1 Å². The van der Waals surface area contributed by atoms with Crippen molar-refractivity contribution in [2.24, 2.45) is 5.10 Å². The second-order valence-corrected chi connectivity index (χ2v) is 7.28. The summed E-state index contributed by atoms with van der Waals surface area (Å²) in [6.07, 6.45) is 1.77. The highest BCUT2D eigenvalue weighted by Crippen LogP contribution is 2.28. The van der Waals surface area contributed by atoms with E-state index in [-0.39, 0.29) is 0 Å². The fourth-order valence-corrected chi connectivity index (χ4v) is 3.77. The first-order valence-electron chi connectivity index (χ1n) is 9.90. The molecule has 7 heteroatoms. The van der Waals surface area contributed by atoms with E-state index in [1.807, 2.05) is 56.5 Å². The number of fused-ring (bicyclic) bond motifs is 1. The topological polar surface area (TPSA) is 84.1 Å². The lowest BCUT2D eigenvalue weighted by atomic mass is 10.2. The Labute approximate surface area is 175 Å². The molecule has 1 aromatic carbocycles. The van der Waals surface area contributed by atoms with Crippen LogP contribution in [0.15, 0.2) is 39.9 Å². The molecule has 0 amide bonds. The number of para-hydroxylation sites is 2. The highest BCUT2D eigenvalue weighted by atomic mass is 16.4. The number of nitrogens with zero attached hydrogens (tertiary/aromatic N) is 5. The Morgan fingerprint density at radius 1 is 1.23 bits per heavy atom. The third kappa shape index (κ3) is 3.07. The Morgan fingerprint density at radius 3 is 2.73 bits per heavy atom. The lowest BCUT2D eigenvalue weighted by molar-refractivity contribution is 0.503. The van der Waals surface area contributed by atoms with E-state index in [4.69, 9.17) is 4.42 Å². The monoisotopic (exact) mass is 400 g/mol. The number of nitrogens with one attached hydrogen (secondary N) is 1. The van der Waals surface area contributed by atoms with Gasteiger partial charge in [-0.15, -0.1) is 0 Å². The second kappa shape index (κ2) is 7.56. The van der Waals surface area contributed by atoms with E-state index in [0.29, 0.717) is 17.4 Å². The summed E-state index contributed by atoms with van der Waals surface area (Å²) in [4.78, 5) is 4.62. The van der Waals surface area contributed by atoms with E-state index < -0.39 is 0 Å². The quantitative estimate of drug-likeness (QED) is 0.378. The lowest BCUT2D eigenvalue weighted by Crippen LogP contribution is -2.02. The van der Waals surface area contributed by atoms with Crippen molar-refractivity contribution in [3.63, 3.8) is 0 Å². The molecule has 0 aliphatic carbocycles. The highest BCUT2D eigenvalue weighted by molar-refractivity contribution is 5.83. The molecule has 3 heterocycles. The standard InChI is InChI=1S/C23H24N6O/c1-6-28-21-10-8-7-9-20(21)26-23(28)27-25-13-18-11-14(2)29(16(18)4)22-19(12-24)15(3)17(5)30-22/h7-11,13H,6H2,1-5H3,(H,26,27)/b25-13-. The molecule has 0 aliphatic rings. The van der Waals surface area contributed by atoms with E-state index in [9.17, 15) is 5.26 Å². The summed E-state index contributed by atoms with van der Waals surface area (Å²) in [7, 11) is 0. The van der Waals surface area contributed by atoms with Crippen molar-refractivity contribution in [2.75, 3.05) is 5.43 Å². The first-order chi connectivity index (χ1) is 14.5. The van der Waals surface area contributed by atoms with Crippen molar-refractivity contribution in [2.45, 2.75) is 41.2 Å². The van der Waals surface area contributed by atoms with Crippen molar-refractivity contribution in [3.05, 3.63) is 64.2 Å². The molecule has 0 bridgehead atoms. The molecule has 0 fully saturated rings. The molecule has 152 valence electrons. The molecule has 0 aliphatic heterocycles. The first kappa shape index (κ1) is 19.5. The summed E-state index contributed by atoms with van der Waals surface area (Å²) in [5, 5.41) is 14.0. The van der Waals surface area contributed by atoms with Crippen molar-refractivity contribution >= 4 is 23.2 Å². The summed E-state index contributed by atoms with van der Waals surface area (Å²) in [6, 6.07) is 12.3. The number of aromatic nitrogens is 3. The zero-order valence-electron chi connectivity index (χ0n) is 17.8. The zero-order chi connectivity index (χ0) is 21.4. The van der Waals surface area contributed by atoms with Crippen LogP contribution in [0.2, 0.25) is 0 Å². The predicted octanol–water partition coefficient (Wildman–Crippen LogP) is 4.99. The van der Waals surface area contributed by atoms with Gasteiger partial charge in [-0.1, -0.05) is 12.1 Å². The first-order valence-corrected chi connectivity index (χ1v) is 9.90. The van der Waals surface area contributed by atoms with Gasteiger partial charge in [-0.05, 0) is 52.8 Å². The minimum absolute atomic E-state index is 0.558. The molecule has 3 aromatic heterocycles. The van der Waals surface area contributed by atoms with Gasteiger partial charge in [0.1, 0.15) is 17.4 Å². The molecule has 4 aromatic rings. The van der Waals surface area contributed by atoms with Crippen molar-refractivity contribution in [1.82, 2.24) is 14.1 Å². The zero-order valence-corrected chi connectivity index (χ0v) is 17.8. The number of benzene rings is 1. The molecule has 0 saturated carbocycles. The van der Waals surface area contributed by atoms with E-state index in [1.165, 1.54) is 0 Å². The molecule has 0 saturated heterocycles. The maximum absolute atomic E-state index is 9.57. The van der Waals surface area contributed by atoms with Crippen molar-refractivity contribution in [1.29, 1.82) is 5.26 Å². The van der Waals surface area contributed by atoms with Crippen LogP contribution in [-0.2, 0) is 6.54 Å². The second-order valence-electron chi connectivity index (χ2n) is 7.28. The number of rotatable bonds is 5. The normalized spacial score (nSPS) is 11.5. The van der Waals surface area contributed by atoms with Gasteiger partial charge in [0, 0.05) is 29.1 Å². The van der Waals surface area contributed by atoms with E-state index in [1.54, 1.807) is 6.21 Å². The van der Waals surface area contributed by atoms with Gasteiger partial charge in [0.25, 0.3) is 0 Å². The van der Waals surface area contributed by atoms with Crippen LogP contribution in [0.25, 0.3) is 16.9 Å². The van der Waals surface area contributed by atoms with Crippen LogP contribution in [0.1, 0.15) is 40.8 Å². The summed E-state index contributed by atoms with van der Waals surface area (Å²) in [6.45, 7) is 10.6. The molecule has 4 rings (SSSR count). The average Bonchev–Trinajstić information content (AvgIpc) is 3.33. The third-order valence-electron chi connectivity index (χ3n) is 5.49. The van der Waals surface area contributed by atoms with Gasteiger partial charge in [0.15, 0.2) is 0 Å². The molecular weight excluding hydrogens is 376 g/mol. The van der Waals surface area contributed by atoms with Crippen LogP contribution >= 0.6 is 0 Å². The number of nitriles is 1. The number of imidazole rings is 1. The van der Waals surface area contributed by atoms with Crippen LogP contribution in [0, 0.1) is 39.0 Å². The van der Waals surface area contributed by atoms with Gasteiger partial charge in [-0.25, -0.2) is 10.4 Å². The van der Waals surface area contributed by atoms with Gasteiger partial charge in [0.2, 0.25) is 11.8 Å². The Morgan fingerprint density at radius 2 is 2.00 bits per heavy atom. The molecule has 0 spiro atoms. The molecule has 30 heavy (non-hydrogen) atoms. The van der Waals surface area contributed by atoms with Crippen molar-refractivity contribution in [3.8, 4) is 12.0 Å². The fraction of sp³-hybridized carbons (Fsp3) is 0.261. The number of furan rings is 1. The summed E-state index contributed by atoms with van der Waals surface area (Å²) >= 11 is 0. The molecule has 0 unspecified atom stereocenters. The molecule has 7 nitrogen and oxygen atoms in total. The maximum Gasteiger partial charge on any atom is 0.224 e. The predicted molar refractivity (Wildman–Crippen MR) is 118 cm³/mol. The van der Waals surface area contributed by atoms with Gasteiger partial charge in [-0.3, -0.25) is 4.57 Å². The lowest BCUT2D eigenvalue weighted by Gasteiger charge is -2.06. The average molecular weight is 400 g/mol. The van der Waals surface area contributed by atoms with E-state index >= 15 is 0 Å². The Hall–Kier alpha value is -3.79. The number of hydrogen-bond donors (Lipinski definition) is 1. The van der Waals surface area contributed by atoms with Gasteiger partial charge in [0.05, 0.1) is 17.2 Å². The summed E-state index contributed by atoms with van der Waals surface area (Å²) < 4.78 is 9.95. The van der Waals surface area contributed by atoms with Crippen LogP contribution in [-0.4, -0.2) is 20.3 Å². The summed E-state index contributed by atoms with van der Waals surface area (Å²) in [5.74, 6) is 2.01. The highest BCUT2D eigenvalue weighted by Gasteiger charge is 2.20. The molecular formula is C23H24N6O. The van der Waals surface area contributed by atoms with Crippen LogP contribution in [0.5, 0.6) is 0 Å². The summed E-state index contributed by atoms with van der Waals surface area (Å²) in [5.41, 5.74) is 9.37. The fourth-order valence-electron chi connectivity index (χ4n) is 3.77. The minimum atomic E-state index is 0.558. The van der Waals surface area contributed by atoms with Crippen LogP contribution in [0.4, 0.5) is 5.95 Å². The number of anilines is 1. The Kier molecular flexibility index (Phi) is 4.92. The molecule has 0 radical (unpaired) electrons. The number of hydrogen-bond acceptors (Lipinski definition) is 5. The minimum Gasteiger partial charge on any atom is -0.443 e. The number of aryl methyl sites for hydroxylation is 3. The largest absolute Gasteiger partial charge is 0.443 e. The maximum atomic E-state index is 9.57.